The molecule has 3 nitrogen and oxygen atoms in total. The normalized spacial score (nSPS) is 9.38. The summed E-state index contributed by atoms with van der Waals surface area (Å²) in [5.74, 6) is -0.254. The van der Waals surface area contributed by atoms with Crippen molar-refractivity contribution in [1.29, 1.82) is 0 Å². The molecule has 1 aromatic carbocycles. The minimum Gasteiger partial charge on any atom is -0.324 e. The highest BCUT2D eigenvalue weighted by atomic mass is 35.5. The molecule has 68 valence electrons. The number of amides is 1. The van der Waals surface area contributed by atoms with E-state index in [1.165, 1.54) is 6.92 Å². The Labute approximate surface area is 80.7 Å². The van der Waals surface area contributed by atoms with Crippen LogP contribution in [-0.4, -0.2) is 12.2 Å². The van der Waals surface area contributed by atoms with Crippen molar-refractivity contribution in [1.82, 2.24) is 0 Å². The van der Waals surface area contributed by atoms with Gasteiger partial charge < -0.3 is 5.32 Å². The highest BCUT2D eigenvalue weighted by molar-refractivity contribution is 6.34. The predicted octanol–water partition coefficient (Wildman–Crippen LogP) is 2.11. The molecule has 0 aliphatic heterocycles. The number of anilines is 1. The van der Waals surface area contributed by atoms with Gasteiger partial charge in [0.1, 0.15) is 0 Å². The van der Waals surface area contributed by atoms with Crippen LogP contribution in [0.25, 0.3) is 0 Å². The van der Waals surface area contributed by atoms with Gasteiger partial charge in [-0.2, -0.15) is 0 Å². The third-order valence-corrected chi connectivity index (χ3v) is 1.79. The minimum atomic E-state index is -0.254. The second-order valence-corrected chi connectivity index (χ2v) is 2.91. The summed E-state index contributed by atoms with van der Waals surface area (Å²) < 4.78 is 0. The van der Waals surface area contributed by atoms with Crippen LogP contribution in [0.2, 0.25) is 5.02 Å². The van der Waals surface area contributed by atoms with E-state index in [1.807, 2.05) is 0 Å². The van der Waals surface area contributed by atoms with Gasteiger partial charge in [-0.25, -0.2) is 0 Å². The van der Waals surface area contributed by atoms with Crippen LogP contribution in [-0.2, 0) is 4.79 Å². The molecule has 1 rings (SSSR count). The number of hydrogen-bond donors (Lipinski definition) is 1. The molecule has 0 bridgehead atoms. The fraction of sp³-hybridized carbons (Fsp3) is 0.111. The van der Waals surface area contributed by atoms with Crippen molar-refractivity contribution in [2.75, 3.05) is 5.32 Å². The summed E-state index contributed by atoms with van der Waals surface area (Å²) in [4.78, 5) is 21.3. The molecule has 13 heavy (non-hydrogen) atoms. The van der Waals surface area contributed by atoms with Crippen LogP contribution < -0.4 is 5.32 Å². The topological polar surface area (TPSA) is 46.2 Å². The number of benzene rings is 1. The fourth-order valence-electron chi connectivity index (χ4n) is 0.947. The van der Waals surface area contributed by atoms with Gasteiger partial charge in [0.05, 0.1) is 10.7 Å². The number of carbonyl (C=O) groups excluding carboxylic acids is 2. The number of rotatable bonds is 2. The minimum absolute atomic E-state index is 0.254. The molecule has 0 saturated carbocycles. The Bertz CT molecular complexity index is 349. The van der Waals surface area contributed by atoms with Crippen molar-refractivity contribution in [3.63, 3.8) is 0 Å². The van der Waals surface area contributed by atoms with E-state index in [1.54, 1.807) is 18.2 Å². The Kier molecular flexibility index (Phi) is 3.03. The summed E-state index contributed by atoms with van der Waals surface area (Å²) in [6.45, 7) is 1.36. The lowest BCUT2D eigenvalue weighted by atomic mass is 10.2. The molecule has 0 saturated heterocycles. The lowest BCUT2D eigenvalue weighted by Gasteiger charge is -2.06. The summed E-state index contributed by atoms with van der Waals surface area (Å²) in [5.41, 5.74) is 0.745. The molecule has 0 radical (unpaired) electrons. The summed E-state index contributed by atoms with van der Waals surface area (Å²) >= 11 is 5.78. The fourth-order valence-corrected chi connectivity index (χ4v) is 1.18. The van der Waals surface area contributed by atoms with E-state index in [0.717, 1.165) is 0 Å². The number of halogens is 1. The maximum atomic E-state index is 10.7. The van der Waals surface area contributed by atoms with Gasteiger partial charge in [0.2, 0.25) is 5.91 Å². The summed E-state index contributed by atoms with van der Waals surface area (Å²) in [5, 5.41) is 2.85. The maximum absolute atomic E-state index is 10.7. The van der Waals surface area contributed by atoms with Crippen LogP contribution >= 0.6 is 11.6 Å². The molecule has 1 amide bonds. The molecular formula is C9H8ClNO2. The summed E-state index contributed by atoms with van der Waals surface area (Å²) in [6.07, 6.45) is 0.650. The Morgan fingerprint density at radius 2 is 2.23 bits per heavy atom. The number of carbonyl (C=O) groups is 2. The molecule has 0 spiro atoms. The molecule has 0 unspecified atom stereocenters. The molecule has 0 aliphatic carbocycles. The van der Waals surface area contributed by atoms with Gasteiger partial charge in [0.25, 0.3) is 0 Å². The van der Waals surface area contributed by atoms with Gasteiger partial charge in [0, 0.05) is 12.5 Å². The largest absolute Gasteiger partial charge is 0.324 e. The smallest absolute Gasteiger partial charge is 0.221 e. The van der Waals surface area contributed by atoms with E-state index >= 15 is 0 Å². The zero-order valence-corrected chi connectivity index (χ0v) is 7.76. The van der Waals surface area contributed by atoms with Crippen molar-refractivity contribution in [3.8, 4) is 0 Å². The van der Waals surface area contributed by atoms with E-state index in [9.17, 15) is 9.59 Å². The van der Waals surface area contributed by atoms with Crippen LogP contribution in [0.3, 0.4) is 0 Å². The molecule has 0 atom stereocenters. The Balaban J connectivity index is 3.14. The monoisotopic (exact) mass is 197 g/mol. The third kappa shape index (κ3) is 2.29. The lowest BCUT2D eigenvalue weighted by Crippen LogP contribution is -2.08. The Morgan fingerprint density at radius 3 is 2.77 bits per heavy atom. The van der Waals surface area contributed by atoms with E-state index in [0.29, 0.717) is 22.6 Å². The van der Waals surface area contributed by atoms with Gasteiger partial charge in [-0.1, -0.05) is 17.7 Å². The van der Waals surface area contributed by atoms with Gasteiger partial charge in [-0.15, -0.1) is 0 Å². The van der Waals surface area contributed by atoms with Gasteiger partial charge in [0.15, 0.2) is 6.29 Å². The first-order valence-electron chi connectivity index (χ1n) is 3.66. The molecule has 1 N–H and O–H groups in total. The second-order valence-electron chi connectivity index (χ2n) is 2.50. The van der Waals surface area contributed by atoms with Crippen molar-refractivity contribution in [2.24, 2.45) is 0 Å². The first-order chi connectivity index (χ1) is 6.15. The van der Waals surface area contributed by atoms with Gasteiger partial charge in [-0.05, 0) is 12.1 Å². The molecule has 0 heterocycles. The molecular weight excluding hydrogens is 190 g/mol. The van der Waals surface area contributed by atoms with Crippen molar-refractivity contribution in [2.45, 2.75) is 6.92 Å². The van der Waals surface area contributed by atoms with Crippen LogP contribution in [0.4, 0.5) is 5.69 Å². The second kappa shape index (κ2) is 4.05. The standard InChI is InChI=1S/C9H8ClNO2/c1-6(13)11-9-7(5-12)3-2-4-8(9)10/h2-5H,1H3,(H,11,13). The van der Waals surface area contributed by atoms with E-state index in [2.05, 4.69) is 5.32 Å². The van der Waals surface area contributed by atoms with Crippen molar-refractivity contribution < 1.29 is 9.59 Å². The first-order valence-corrected chi connectivity index (χ1v) is 4.04. The molecule has 0 fully saturated rings. The highest BCUT2D eigenvalue weighted by Gasteiger charge is 2.06. The lowest BCUT2D eigenvalue weighted by molar-refractivity contribution is -0.114. The highest BCUT2D eigenvalue weighted by Crippen LogP contribution is 2.24. The number of nitrogens with one attached hydrogen (secondary N) is 1. The van der Waals surface area contributed by atoms with Gasteiger partial charge in [-0.3, -0.25) is 9.59 Å². The first kappa shape index (κ1) is 9.74. The number of hydrogen-bond acceptors (Lipinski definition) is 2. The van der Waals surface area contributed by atoms with E-state index in [4.69, 9.17) is 11.6 Å². The molecule has 0 aliphatic rings. The van der Waals surface area contributed by atoms with Crippen LogP contribution in [0.15, 0.2) is 18.2 Å². The summed E-state index contributed by atoms with van der Waals surface area (Å²) in [7, 11) is 0. The molecule has 0 aromatic heterocycles. The average molecular weight is 198 g/mol. The van der Waals surface area contributed by atoms with Crippen LogP contribution in [0, 0.1) is 0 Å². The van der Waals surface area contributed by atoms with Gasteiger partial charge >= 0.3 is 0 Å². The molecule has 1 aromatic rings. The Morgan fingerprint density at radius 1 is 1.54 bits per heavy atom. The van der Waals surface area contributed by atoms with E-state index in [-0.39, 0.29) is 5.91 Å². The van der Waals surface area contributed by atoms with Crippen LogP contribution in [0.1, 0.15) is 17.3 Å². The third-order valence-electron chi connectivity index (χ3n) is 1.47. The zero-order chi connectivity index (χ0) is 9.84. The summed E-state index contributed by atoms with van der Waals surface area (Å²) in [6, 6.07) is 4.85. The number of aldehydes is 1. The van der Waals surface area contributed by atoms with E-state index < -0.39 is 0 Å². The quantitative estimate of drug-likeness (QED) is 0.739. The van der Waals surface area contributed by atoms with Crippen molar-refractivity contribution >= 4 is 29.5 Å². The van der Waals surface area contributed by atoms with Crippen LogP contribution in [0.5, 0.6) is 0 Å². The predicted molar refractivity (Wildman–Crippen MR) is 51.1 cm³/mol. The SMILES string of the molecule is CC(=O)Nc1c(Cl)cccc1C=O. The zero-order valence-electron chi connectivity index (χ0n) is 7.00. The maximum Gasteiger partial charge on any atom is 0.221 e. The Hall–Kier alpha value is -1.35. The van der Waals surface area contributed by atoms with Crippen molar-refractivity contribution in [3.05, 3.63) is 28.8 Å². The molecule has 4 heteroatoms. The average Bonchev–Trinajstić information content (AvgIpc) is 2.08. The number of para-hydroxylation sites is 1.